The van der Waals surface area contributed by atoms with Crippen LogP contribution in [0.5, 0.6) is 0 Å². The monoisotopic (exact) mass is 207 g/mol. The van der Waals surface area contributed by atoms with Gasteiger partial charge in [-0.1, -0.05) is 24.6 Å². The number of hydrogen-bond donors (Lipinski definition) is 1. The maximum atomic E-state index is 13.0. The molecule has 0 aliphatic heterocycles. The first-order valence-electron chi connectivity index (χ1n) is 5.27. The normalized spacial score (nSPS) is 11.9. The predicted molar refractivity (Wildman–Crippen MR) is 63.3 cm³/mol. The Labute approximate surface area is 91.0 Å². The van der Waals surface area contributed by atoms with Crippen molar-refractivity contribution in [3.63, 3.8) is 0 Å². The van der Waals surface area contributed by atoms with Crippen LogP contribution in [0, 0.1) is 12.7 Å². The molecule has 0 aliphatic rings. The molecule has 0 amide bonds. The summed E-state index contributed by atoms with van der Waals surface area (Å²) in [6, 6.07) is 4.89. The third-order valence-corrected chi connectivity index (χ3v) is 2.46. The molecule has 0 unspecified atom stereocenters. The number of hydrogen-bond acceptors (Lipinski definition) is 1. The van der Waals surface area contributed by atoms with Gasteiger partial charge in [0.05, 0.1) is 0 Å². The maximum Gasteiger partial charge on any atom is 0.123 e. The zero-order valence-corrected chi connectivity index (χ0v) is 9.60. The molecule has 82 valence electrons. The first kappa shape index (κ1) is 11.9. The quantitative estimate of drug-likeness (QED) is 0.799. The summed E-state index contributed by atoms with van der Waals surface area (Å²) in [6.07, 6.45) is 3.05. The van der Waals surface area contributed by atoms with Crippen LogP contribution in [0.2, 0.25) is 0 Å². The summed E-state index contributed by atoms with van der Waals surface area (Å²) in [4.78, 5) is 0. The zero-order chi connectivity index (χ0) is 11.3. The van der Waals surface area contributed by atoms with Crippen LogP contribution in [0.4, 0.5) is 4.39 Å². The van der Waals surface area contributed by atoms with Crippen LogP contribution >= 0.6 is 0 Å². The van der Waals surface area contributed by atoms with Gasteiger partial charge in [0.2, 0.25) is 0 Å². The van der Waals surface area contributed by atoms with Gasteiger partial charge in [0.1, 0.15) is 5.82 Å². The summed E-state index contributed by atoms with van der Waals surface area (Å²) in [5, 5.41) is 3.11. The molecule has 0 heterocycles. The number of aryl methyl sites for hydroxylation is 1. The Kier molecular flexibility index (Phi) is 4.50. The highest BCUT2D eigenvalue weighted by Crippen LogP contribution is 2.15. The molecule has 1 rings (SSSR count). The molecule has 0 aliphatic carbocycles. The maximum absolute atomic E-state index is 13.0. The van der Waals surface area contributed by atoms with Gasteiger partial charge in [0.15, 0.2) is 0 Å². The topological polar surface area (TPSA) is 12.0 Å². The summed E-state index contributed by atoms with van der Waals surface area (Å²) < 4.78 is 13.0. The minimum absolute atomic E-state index is 0.174. The second kappa shape index (κ2) is 5.66. The van der Waals surface area contributed by atoms with Gasteiger partial charge in [-0.05, 0) is 43.7 Å². The second-order valence-corrected chi connectivity index (χ2v) is 3.69. The lowest BCUT2D eigenvalue weighted by atomic mass is 10.0. The van der Waals surface area contributed by atoms with Gasteiger partial charge < -0.3 is 5.32 Å². The van der Waals surface area contributed by atoms with Crippen LogP contribution < -0.4 is 5.32 Å². The molecule has 1 aromatic carbocycles. The molecule has 0 fully saturated rings. The molecule has 0 radical (unpaired) electrons. The Balaban J connectivity index is 2.99. The van der Waals surface area contributed by atoms with Gasteiger partial charge in [-0.25, -0.2) is 4.39 Å². The Morgan fingerprint density at radius 1 is 1.47 bits per heavy atom. The lowest BCUT2D eigenvalue weighted by Gasteiger charge is -2.06. The third-order valence-electron chi connectivity index (χ3n) is 2.46. The van der Waals surface area contributed by atoms with E-state index in [-0.39, 0.29) is 5.82 Å². The van der Waals surface area contributed by atoms with Crippen LogP contribution in [-0.2, 0) is 0 Å². The second-order valence-electron chi connectivity index (χ2n) is 3.69. The molecule has 0 saturated carbocycles. The van der Waals surface area contributed by atoms with Crippen molar-refractivity contribution in [1.29, 1.82) is 0 Å². The predicted octanol–water partition coefficient (Wildman–Crippen LogP) is 3.15. The van der Waals surface area contributed by atoms with E-state index >= 15 is 0 Å². The largest absolute Gasteiger partial charge is 0.316 e. The number of nitrogens with one attached hydrogen (secondary N) is 1. The number of halogens is 1. The Bertz CT molecular complexity index is 356. The number of benzene rings is 1. The average Bonchev–Trinajstić information content (AvgIpc) is 2.22. The molecule has 0 bridgehead atoms. The van der Waals surface area contributed by atoms with E-state index in [0.29, 0.717) is 0 Å². The van der Waals surface area contributed by atoms with Gasteiger partial charge in [0.25, 0.3) is 0 Å². The number of rotatable bonds is 4. The SMILES string of the molecule is CC/C(=C/c1cc(F)ccc1C)CNC. The smallest absolute Gasteiger partial charge is 0.123 e. The van der Waals surface area contributed by atoms with Gasteiger partial charge >= 0.3 is 0 Å². The van der Waals surface area contributed by atoms with Crippen molar-refractivity contribution in [2.24, 2.45) is 0 Å². The van der Waals surface area contributed by atoms with E-state index in [4.69, 9.17) is 0 Å². The molecule has 2 heteroatoms. The van der Waals surface area contributed by atoms with Gasteiger partial charge in [-0.2, -0.15) is 0 Å². The van der Waals surface area contributed by atoms with Gasteiger partial charge in [-0.3, -0.25) is 0 Å². The van der Waals surface area contributed by atoms with Crippen molar-refractivity contribution in [2.75, 3.05) is 13.6 Å². The first-order valence-corrected chi connectivity index (χ1v) is 5.27. The van der Waals surface area contributed by atoms with E-state index in [1.165, 1.54) is 11.6 Å². The minimum atomic E-state index is -0.174. The molecule has 1 aromatic rings. The van der Waals surface area contributed by atoms with Crippen molar-refractivity contribution >= 4 is 6.08 Å². The van der Waals surface area contributed by atoms with Crippen LogP contribution in [0.15, 0.2) is 23.8 Å². The fraction of sp³-hybridized carbons (Fsp3) is 0.385. The fourth-order valence-corrected chi connectivity index (χ4v) is 1.49. The number of likely N-dealkylation sites (N-methyl/N-ethyl adjacent to an activating group) is 1. The molecular formula is C13H18FN. The van der Waals surface area contributed by atoms with E-state index in [2.05, 4.69) is 18.3 Å². The van der Waals surface area contributed by atoms with E-state index in [1.54, 1.807) is 6.07 Å². The molecule has 0 aromatic heterocycles. The van der Waals surface area contributed by atoms with Crippen LogP contribution in [0.25, 0.3) is 6.08 Å². The minimum Gasteiger partial charge on any atom is -0.316 e. The van der Waals surface area contributed by atoms with Crippen molar-refractivity contribution in [2.45, 2.75) is 20.3 Å². The molecule has 1 N–H and O–H groups in total. The van der Waals surface area contributed by atoms with Gasteiger partial charge in [0, 0.05) is 6.54 Å². The molecule has 0 atom stereocenters. The summed E-state index contributed by atoms with van der Waals surface area (Å²) in [5.41, 5.74) is 3.37. The van der Waals surface area contributed by atoms with Crippen molar-refractivity contribution in [3.05, 3.63) is 40.7 Å². The Morgan fingerprint density at radius 3 is 2.80 bits per heavy atom. The standard InChI is InChI=1S/C13H18FN/c1-4-11(9-15-3)7-12-8-13(14)6-5-10(12)2/h5-8,15H,4,9H2,1-3H3/b11-7-. The highest BCUT2D eigenvalue weighted by Gasteiger charge is 1.99. The van der Waals surface area contributed by atoms with E-state index in [0.717, 1.165) is 24.1 Å². The van der Waals surface area contributed by atoms with E-state index in [9.17, 15) is 4.39 Å². The van der Waals surface area contributed by atoms with Crippen LogP contribution in [0.3, 0.4) is 0 Å². The Morgan fingerprint density at radius 2 is 2.20 bits per heavy atom. The Hall–Kier alpha value is -1.15. The summed E-state index contributed by atoms with van der Waals surface area (Å²) in [5.74, 6) is -0.174. The average molecular weight is 207 g/mol. The van der Waals surface area contributed by atoms with E-state index < -0.39 is 0 Å². The fourth-order valence-electron chi connectivity index (χ4n) is 1.49. The molecule has 0 spiro atoms. The lowest BCUT2D eigenvalue weighted by molar-refractivity contribution is 0.627. The highest BCUT2D eigenvalue weighted by molar-refractivity contribution is 5.56. The van der Waals surface area contributed by atoms with Gasteiger partial charge in [-0.15, -0.1) is 0 Å². The van der Waals surface area contributed by atoms with Crippen LogP contribution in [-0.4, -0.2) is 13.6 Å². The first-order chi connectivity index (χ1) is 7.17. The van der Waals surface area contributed by atoms with Crippen molar-refractivity contribution in [3.8, 4) is 0 Å². The third kappa shape index (κ3) is 3.48. The summed E-state index contributed by atoms with van der Waals surface area (Å²) >= 11 is 0. The van der Waals surface area contributed by atoms with E-state index in [1.807, 2.05) is 20.0 Å². The van der Waals surface area contributed by atoms with Crippen molar-refractivity contribution < 1.29 is 4.39 Å². The molecule has 0 saturated heterocycles. The highest BCUT2D eigenvalue weighted by atomic mass is 19.1. The van der Waals surface area contributed by atoms with Crippen molar-refractivity contribution in [1.82, 2.24) is 5.32 Å². The summed E-state index contributed by atoms with van der Waals surface area (Å²) in [7, 11) is 1.92. The lowest BCUT2D eigenvalue weighted by Crippen LogP contribution is -2.09. The molecular weight excluding hydrogens is 189 g/mol. The summed E-state index contributed by atoms with van der Waals surface area (Å²) in [6.45, 7) is 4.96. The molecule has 1 nitrogen and oxygen atoms in total. The van der Waals surface area contributed by atoms with Crippen LogP contribution in [0.1, 0.15) is 24.5 Å². The zero-order valence-electron chi connectivity index (χ0n) is 9.60. The molecule has 15 heavy (non-hydrogen) atoms.